The summed E-state index contributed by atoms with van der Waals surface area (Å²) in [6.45, 7) is 6.05. The summed E-state index contributed by atoms with van der Waals surface area (Å²) < 4.78 is 6.08. The summed E-state index contributed by atoms with van der Waals surface area (Å²) in [6.07, 6.45) is 0.592. The van der Waals surface area contributed by atoms with Gasteiger partial charge < -0.3 is 14.7 Å². The van der Waals surface area contributed by atoms with E-state index in [0.717, 1.165) is 21.7 Å². The van der Waals surface area contributed by atoms with Crippen LogP contribution < -0.4 is 0 Å². The molecule has 1 N–H and O–H groups in total. The second-order valence-corrected chi connectivity index (χ2v) is 9.54. The van der Waals surface area contributed by atoms with Crippen molar-refractivity contribution in [1.29, 1.82) is 0 Å². The van der Waals surface area contributed by atoms with Crippen LogP contribution in [0.4, 0.5) is 4.79 Å². The van der Waals surface area contributed by atoms with Gasteiger partial charge in [-0.25, -0.2) is 4.79 Å². The van der Waals surface area contributed by atoms with Crippen molar-refractivity contribution >= 4 is 17.4 Å². The first-order valence-corrected chi connectivity index (χ1v) is 11.3. The Bertz CT molecular complexity index is 1020. The van der Waals surface area contributed by atoms with E-state index in [1.165, 1.54) is 11.3 Å². The molecule has 1 aromatic heterocycles. The Morgan fingerprint density at radius 1 is 1.19 bits per heavy atom. The molecule has 0 aliphatic carbocycles. The molecule has 1 unspecified atom stereocenters. The lowest BCUT2D eigenvalue weighted by Crippen LogP contribution is -2.51. The van der Waals surface area contributed by atoms with E-state index in [1.807, 2.05) is 61.5 Å². The molecule has 0 spiro atoms. The number of benzene rings is 2. The fraction of sp³-hybridized carbons (Fsp3) is 0.375. The lowest BCUT2D eigenvalue weighted by Gasteiger charge is -2.45. The summed E-state index contributed by atoms with van der Waals surface area (Å²) in [5.41, 5.74) is 2.85. The van der Waals surface area contributed by atoms with Crippen LogP contribution in [0.3, 0.4) is 0 Å². The quantitative estimate of drug-likeness (QED) is 0.576. The van der Waals surface area contributed by atoms with Gasteiger partial charge in [0.05, 0.1) is 11.6 Å². The largest absolute Gasteiger partial charge is 0.438 e. The van der Waals surface area contributed by atoms with Crippen LogP contribution >= 0.6 is 11.3 Å². The minimum absolute atomic E-state index is 0.133. The van der Waals surface area contributed by atoms with Crippen LogP contribution in [0.15, 0.2) is 60.1 Å². The van der Waals surface area contributed by atoms with Crippen molar-refractivity contribution in [3.8, 4) is 10.6 Å². The normalized spacial score (nSPS) is 20.4. The third kappa shape index (κ3) is 4.62. The molecule has 1 saturated heterocycles. The van der Waals surface area contributed by atoms with Gasteiger partial charge in [0.15, 0.2) is 0 Å². The van der Waals surface area contributed by atoms with E-state index in [0.29, 0.717) is 19.4 Å². The average Bonchev–Trinajstić information content (AvgIpc) is 3.28. The molecule has 162 valence electrons. The van der Waals surface area contributed by atoms with Crippen molar-refractivity contribution in [2.75, 3.05) is 6.54 Å². The first-order chi connectivity index (χ1) is 14.8. The topological polar surface area (TPSA) is 75.6 Å². The molecular formula is C24H27N3O3S. The van der Waals surface area contributed by atoms with E-state index in [9.17, 15) is 9.90 Å². The first kappa shape index (κ1) is 21.5. The van der Waals surface area contributed by atoms with Crippen LogP contribution in [-0.4, -0.2) is 38.4 Å². The summed E-state index contributed by atoms with van der Waals surface area (Å²) >= 11 is 1.49. The van der Waals surface area contributed by atoms with Crippen LogP contribution in [0, 0.1) is 0 Å². The van der Waals surface area contributed by atoms with Gasteiger partial charge >= 0.3 is 6.09 Å². The van der Waals surface area contributed by atoms with E-state index >= 15 is 0 Å². The van der Waals surface area contributed by atoms with Gasteiger partial charge in [0, 0.05) is 24.9 Å². The van der Waals surface area contributed by atoms with E-state index < -0.39 is 11.2 Å². The Balaban J connectivity index is 1.54. The number of nitrogens with zero attached hydrogens (tertiary/aromatic N) is 3. The van der Waals surface area contributed by atoms with Gasteiger partial charge in [0.2, 0.25) is 0 Å². The Morgan fingerprint density at radius 3 is 2.48 bits per heavy atom. The van der Waals surface area contributed by atoms with E-state index in [1.54, 1.807) is 24.3 Å². The van der Waals surface area contributed by atoms with Crippen LogP contribution in [0.2, 0.25) is 0 Å². The van der Waals surface area contributed by atoms with Gasteiger partial charge in [0.25, 0.3) is 0 Å². The zero-order valence-electron chi connectivity index (χ0n) is 18.0. The van der Waals surface area contributed by atoms with E-state index in [-0.39, 0.29) is 12.1 Å². The molecule has 4 rings (SSSR count). The molecule has 1 aliphatic rings. The zero-order valence-corrected chi connectivity index (χ0v) is 18.8. The Labute approximate surface area is 186 Å². The number of aromatic nitrogens is 2. The number of amides is 1. The molecule has 0 radical (unpaired) electrons. The summed E-state index contributed by atoms with van der Waals surface area (Å²) in [4.78, 5) is 14.9. The third-order valence-electron chi connectivity index (χ3n) is 5.76. The average molecular weight is 438 g/mol. The van der Waals surface area contributed by atoms with Crippen LogP contribution in [0.25, 0.3) is 10.6 Å². The number of rotatable bonds is 6. The summed E-state index contributed by atoms with van der Waals surface area (Å²) in [5, 5.41) is 19.4. The highest BCUT2D eigenvalue weighted by Crippen LogP contribution is 2.42. The first-order valence-electron chi connectivity index (χ1n) is 10.4. The summed E-state index contributed by atoms with van der Waals surface area (Å²) in [6, 6.07) is 17.6. The molecule has 6 nitrogen and oxygen atoms in total. The Morgan fingerprint density at radius 2 is 1.90 bits per heavy atom. The Hall–Kier alpha value is -2.77. The maximum Gasteiger partial charge on any atom is 0.411 e. The highest BCUT2D eigenvalue weighted by Gasteiger charge is 2.46. The maximum atomic E-state index is 13.1. The SMILES string of the molecule is CC(c1ccc(-c2nncs2)cc1)N1CC[C@](CC(C)(C)O)(c2ccccc2)OC1=O. The van der Waals surface area contributed by atoms with Gasteiger partial charge in [-0.1, -0.05) is 65.9 Å². The van der Waals surface area contributed by atoms with Crippen LogP contribution in [0.1, 0.15) is 50.8 Å². The van der Waals surface area contributed by atoms with E-state index in [2.05, 4.69) is 10.2 Å². The van der Waals surface area contributed by atoms with Gasteiger partial charge in [-0.2, -0.15) is 0 Å². The van der Waals surface area contributed by atoms with Gasteiger partial charge in [-0.05, 0) is 31.9 Å². The van der Waals surface area contributed by atoms with Gasteiger partial charge in [-0.3, -0.25) is 0 Å². The predicted molar refractivity (Wildman–Crippen MR) is 121 cm³/mol. The third-order valence-corrected chi connectivity index (χ3v) is 6.50. The molecule has 31 heavy (non-hydrogen) atoms. The smallest absolute Gasteiger partial charge is 0.411 e. The molecule has 2 atom stereocenters. The molecule has 3 aromatic rings. The minimum Gasteiger partial charge on any atom is -0.438 e. The number of hydrogen-bond donors (Lipinski definition) is 1. The monoisotopic (exact) mass is 437 g/mol. The zero-order chi connectivity index (χ0) is 22.1. The maximum absolute atomic E-state index is 13.1. The van der Waals surface area contributed by atoms with E-state index in [4.69, 9.17) is 4.74 Å². The minimum atomic E-state index is -0.968. The van der Waals surface area contributed by atoms with Crippen molar-refractivity contribution in [3.63, 3.8) is 0 Å². The fourth-order valence-electron chi connectivity index (χ4n) is 4.27. The fourth-order valence-corrected chi connectivity index (χ4v) is 4.83. The van der Waals surface area contributed by atoms with Crippen molar-refractivity contribution < 1.29 is 14.6 Å². The molecule has 0 saturated carbocycles. The molecule has 2 aromatic carbocycles. The number of cyclic esters (lactones) is 1. The molecule has 1 aliphatic heterocycles. The summed E-state index contributed by atoms with van der Waals surface area (Å²) in [7, 11) is 0. The lowest BCUT2D eigenvalue weighted by molar-refractivity contribution is -0.101. The highest BCUT2D eigenvalue weighted by molar-refractivity contribution is 7.12. The van der Waals surface area contributed by atoms with Crippen molar-refractivity contribution in [1.82, 2.24) is 15.1 Å². The van der Waals surface area contributed by atoms with Crippen LogP contribution in [0.5, 0.6) is 0 Å². The van der Waals surface area contributed by atoms with Crippen molar-refractivity contribution in [2.24, 2.45) is 0 Å². The standard InChI is InChI=1S/C24H27N3O3S/c1-17(18-9-11-19(12-10-18)21-26-25-16-31-21)27-14-13-24(30-22(27)28,15-23(2,3)29)20-7-5-4-6-8-20/h4-12,16-17,29H,13-15H2,1-3H3/t17?,24-/m0/s1. The number of hydrogen-bond acceptors (Lipinski definition) is 6. The molecular weight excluding hydrogens is 410 g/mol. The van der Waals surface area contributed by atoms with Gasteiger partial charge in [-0.15, -0.1) is 10.2 Å². The highest BCUT2D eigenvalue weighted by atomic mass is 32.1. The van der Waals surface area contributed by atoms with Crippen molar-refractivity contribution in [3.05, 3.63) is 71.2 Å². The number of aliphatic hydroxyl groups is 1. The number of ether oxygens (including phenoxy) is 1. The second-order valence-electron chi connectivity index (χ2n) is 8.70. The lowest BCUT2D eigenvalue weighted by atomic mass is 9.80. The number of carbonyl (C=O) groups excluding carboxylic acids is 1. The second kappa shape index (κ2) is 8.40. The molecule has 2 heterocycles. The summed E-state index contributed by atoms with van der Waals surface area (Å²) in [5.74, 6) is 0. The van der Waals surface area contributed by atoms with Crippen LogP contribution in [-0.2, 0) is 10.3 Å². The molecule has 1 fully saturated rings. The number of carbonyl (C=O) groups is 1. The molecule has 0 bridgehead atoms. The Kier molecular flexibility index (Phi) is 5.81. The predicted octanol–water partition coefficient (Wildman–Crippen LogP) is 5.16. The van der Waals surface area contributed by atoms with Crippen molar-refractivity contribution in [2.45, 2.75) is 50.9 Å². The molecule has 1 amide bonds. The molecule has 7 heteroatoms. The van der Waals surface area contributed by atoms with Gasteiger partial charge in [0.1, 0.15) is 16.1 Å².